The summed E-state index contributed by atoms with van der Waals surface area (Å²) < 4.78 is 21.8. The molecule has 0 aromatic heterocycles. The Morgan fingerprint density at radius 2 is 0.704 bits per heavy atom. The van der Waals surface area contributed by atoms with Crippen molar-refractivity contribution in [1.82, 2.24) is 0 Å². The van der Waals surface area contributed by atoms with E-state index in [4.69, 9.17) is 18.9 Å². The van der Waals surface area contributed by atoms with Crippen LogP contribution in [0.1, 0.15) is 205 Å². The molecule has 4 unspecified atom stereocenters. The van der Waals surface area contributed by atoms with E-state index in [1.54, 1.807) is 24.3 Å². The third-order valence-electron chi connectivity index (χ3n) is 10.4. The maximum absolute atomic E-state index is 12.6. The minimum absolute atomic E-state index is 0.140. The second-order valence-corrected chi connectivity index (χ2v) is 15.0. The van der Waals surface area contributed by atoms with E-state index >= 15 is 0 Å². The van der Waals surface area contributed by atoms with Crippen molar-refractivity contribution in [2.24, 2.45) is 23.7 Å². The molecular formula is C46H80O8. The molecule has 0 aliphatic carbocycles. The molecule has 0 heterocycles. The Labute approximate surface area is 330 Å². The normalized spacial score (nSPS) is 13.1. The average molecular weight is 761 g/mol. The number of carbonyl (C=O) groups excluding carboxylic acids is 4. The average Bonchev–Trinajstić information content (AvgIpc) is 3.19. The van der Waals surface area contributed by atoms with Crippen molar-refractivity contribution in [1.29, 1.82) is 0 Å². The summed E-state index contributed by atoms with van der Waals surface area (Å²) in [7, 11) is 0. The highest BCUT2D eigenvalue weighted by Gasteiger charge is 2.21. The van der Waals surface area contributed by atoms with E-state index in [-0.39, 0.29) is 11.9 Å². The fraction of sp³-hybridized carbons (Fsp3) is 0.783. The molecule has 0 fully saturated rings. The van der Waals surface area contributed by atoms with Gasteiger partial charge in [-0.2, -0.15) is 0 Å². The molecule has 0 amide bonds. The number of rotatable bonds is 31. The Balaban J connectivity index is 0.00000104. The third kappa shape index (κ3) is 25.2. The van der Waals surface area contributed by atoms with Gasteiger partial charge in [-0.3, -0.25) is 9.59 Å². The van der Waals surface area contributed by atoms with Crippen LogP contribution in [0.5, 0.6) is 0 Å². The highest BCUT2D eigenvalue weighted by Crippen LogP contribution is 2.19. The lowest BCUT2D eigenvalue weighted by atomic mass is 10.0. The molecule has 8 heteroatoms. The van der Waals surface area contributed by atoms with Crippen molar-refractivity contribution >= 4 is 23.9 Å². The van der Waals surface area contributed by atoms with Crippen LogP contribution in [0.2, 0.25) is 0 Å². The first-order valence-corrected chi connectivity index (χ1v) is 21.9. The van der Waals surface area contributed by atoms with Crippen LogP contribution >= 0.6 is 0 Å². The minimum atomic E-state index is -0.444. The van der Waals surface area contributed by atoms with Crippen molar-refractivity contribution in [3.05, 3.63) is 35.4 Å². The first-order chi connectivity index (χ1) is 26.1. The van der Waals surface area contributed by atoms with Gasteiger partial charge in [0.15, 0.2) is 0 Å². The van der Waals surface area contributed by atoms with E-state index in [0.717, 1.165) is 77.0 Å². The zero-order valence-corrected chi connectivity index (χ0v) is 35.9. The van der Waals surface area contributed by atoms with Gasteiger partial charge in [0, 0.05) is 12.8 Å². The maximum atomic E-state index is 12.6. The lowest BCUT2D eigenvalue weighted by Crippen LogP contribution is -2.19. The van der Waals surface area contributed by atoms with Gasteiger partial charge in [0.1, 0.15) is 0 Å². The first-order valence-electron chi connectivity index (χ1n) is 21.9. The summed E-state index contributed by atoms with van der Waals surface area (Å²) in [5.41, 5.74) is 0.582. The quantitative estimate of drug-likeness (QED) is 0.0418. The first kappa shape index (κ1) is 51.1. The van der Waals surface area contributed by atoms with E-state index in [1.165, 1.54) is 25.7 Å². The van der Waals surface area contributed by atoms with Crippen molar-refractivity contribution in [3.8, 4) is 0 Å². The predicted octanol–water partition coefficient (Wildman–Crippen LogP) is 12.5. The smallest absolute Gasteiger partial charge is 0.339 e. The van der Waals surface area contributed by atoms with Crippen molar-refractivity contribution in [2.75, 3.05) is 26.4 Å². The van der Waals surface area contributed by atoms with Crippen LogP contribution in [-0.2, 0) is 28.5 Å². The Hall–Kier alpha value is -2.90. The van der Waals surface area contributed by atoms with Crippen LogP contribution in [-0.4, -0.2) is 50.3 Å². The molecule has 0 saturated heterocycles. The summed E-state index contributed by atoms with van der Waals surface area (Å²) in [4.78, 5) is 48.7. The third-order valence-corrected chi connectivity index (χ3v) is 10.4. The lowest BCUT2D eigenvalue weighted by molar-refractivity contribution is -0.147. The van der Waals surface area contributed by atoms with Crippen molar-refractivity contribution in [3.63, 3.8) is 0 Å². The monoisotopic (exact) mass is 761 g/mol. The van der Waals surface area contributed by atoms with Gasteiger partial charge in [0.25, 0.3) is 0 Å². The summed E-state index contributed by atoms with van der Waals surface area (Å²) >= 11 is 0. The van der Waals surface area contributed by atoms with Crippen molar-refractivity contribution in [2.45, 2.75) is 184 Å². The summed E-state index contributed by atoms with van der Waals surface area (Å²) in [5, 5.41) is 0. The van der Waals surface area contributed by atoms with Gasteiger partial charge in [-0.1, -0.05) is 145 Å². The maximum Gasteiger partial charge on any atom is 0.339 e. The molecule has 0 aliphatic heterocycles. The molecule has 8 nitrogen and oxygen atoms in total. The number of hydrogen-bond acceptors (Lipinski definition) is 8. The fourth-order valence-corrected chi connectivity index (χ4v) is 6.08. The van der Waals surface area contributed by atoms with Crippen LogP contribution in [0.4, 0.5) is 0 Å². The van der Waals surface area contributed by atoms with Crippen LogP contribution in [0, 0.1) is 23.7 Å². The molecule has 312 valence electrons. The number of ether oxygens (including phenoxy) is 4. The highest BCUT2D eigenvalue weighted by atomic mass is 16.5. The van der Waals surface area contributed by atoms with Crippen LogP contribution < -0.4 is 0 Å². The lowest BCUT2D eigenvalue weighted by Gasteiger charge is -2.17. The molecule has 1 aromatic carbocycles. The van der Waals surface area contributed by atoms with E-state index in [2.05, 4.69) is 55.4 Å². The van der Waals surface area contributed by atoms with E-state index < -0.39 is 11.9 Å². The standard InChI is InChI=1S/C24H38O4.C22H42O4/c1-5-9-13-19(7-3)17-27-23(25)21-15-11-12-16-22(21)24(26)28-18-20(8-4)14-10-6-2;1-5-9-13-19(7-3)17-25-21(23)15-11-12-16-22(24)26-18-20(8-4)14-10-6-2/h11-12,15-16,19-20H,5-10,13-14,17-18H2,1-4H3;19-20H,5-18H2,1-4H3. The van der Waals surface area contributed by atoms with Crippen LogP contribution in [0.25, 0.3) is 0 Å². The number of carbonyl (C=O) groups is 4. The minimum Gasteiger partial charge on any atom is -0.465 e. The van der Waals surface area contributed by atoms with Crippen LogP contribution in [0.15, 0.2) is 24.3 Å². The molecule has 1 aromatic rings. The molecule has 0 saturated carbocycles. The van der Waals surface area contributed by atoms with Crippen LogP contribution in [0.3, 0.4) is 0 Å². The van der Waals surface area contributed by atoms with E-state index in [1.807, 2.05) is 0 Å². The number of benzene rings is 1. The van der Waals surface area contributed by atoms with Gasteiger partial charge >= 0.3 is 23.9 Å². The van der Waals surface area contributed by atoms with Crippen molar-refractivity contribution < 1.29 is 38.1 Å². The number of esters is 4. The summed E-state index contributed by atoms with van der Waals surface area (Å²) in [6.07, 6.45) is 19.9. The van der Waals surface area contributed by atoms with Gasteiger partial charge in [-0.15, -0.1) is 0 Å². The summed E-state index contributed by atoms with van der Waals surface area (Å²) in [5.74, 6) is 0.527. The zero-order valence-electron chi connectivity index (χ0n) is 35.9. The predicted molar refractivity (Wildman–Crippen MR) is 221 cm³/mol. The Morgan fingerprint density at radius 1 is 0.426 bits per heavy atom. The SMILES string of the molecule is CCCCC(CC)COC(=O)CCCCC(=O)OCC(CC)CCCC.CCCCC(CC)COC(=O)c1ccccc1C(=O)OCC(CC)CCCC. The molecule has 0 bridgehead atoms. The molecule has 0 spiro atoms. The van der Waals surface area contributed by atoms with Gasteiger partial charge in [-0.05, 0) is 74.3 Å². The summed E-state index contributed by atoms with van der Waals surface area (Å²) in [6, 6.07) is 6.77. The molecule has 0 radical (unpaired) electrons. The molecule has 4 atom stereocenters. The molecule has 0 N–H and O–H groups in total. The Bertz CT molecular complexity index is 1020. The Morgan fingerprint density at radius 3 is 0.963 bits per heavy atom. The van der Waals surface area contributed by atoms with E-state index in [0.29, 0.717) is 86.9 Å². The molecular weight excluding hydrogens is 680 g/mol. The summed E-state index contributed by atoms with van der Waals surface area (Å²) in [6.45, 7) is 19.1. The van der Waals surface area contributed by atoms with Gasteiger partial charge in [-0.25, -0.2) is 9.59 Å². The van der Waals surface area contributed by atoms with Gasteiger partial charge < -0.3 is 18.9 Å². The number of unbranched alkanes of at least 4 members (excludes halogenated alkanes) is 5. The largest absolute Gasteiger partial charge is 0.465 e. The highest BCUT2D eigenvalue weighted by molar-refractivity contribution is 6.03. The topological polar surface area (TPSA) is 105 Å². The fourth-order valence-electron chi connectivity index (χ4n) is 6.08. The zero-order chi connectivity index (χ0) is 40.4. The second kappa shape index (κ2) is 34.6. The van der Waals surface area contributed by atoms with E-state index in [9.17, 15) is 19.2 Å². The second-order valence-electron chi connectivity index (χ2n) is 15.0. The molecule has 0 aliphatic rings. The Kier molecular flexibility index (Phi) is 32.7. The molecule has 54 heavy (non-hydrogen) atoms. The van der Waals surface area contributed by atoms with Gasteiger partial charge in [0.2, 0.25) is 0 Å². The molecule has 1 rings (SSSR count). The number of hydrogen-bond donors (Lipinski definition) is 0. The van der Waals surface area contributed by atoms with Gasteiger partial charge in [0.05, 0.1) is 37.6 Å².